The molecule has 1 heterocycles. The number of likely N-dealkylation sites (tertiary alicyclic amines) is 1. The molecule has 0 aromatic rings. The summed E-state index contributed by atoms with van der Waals surface area (Å²) in [5, 5.41) is 3.02. The van der Waals surface area contributed by atoms with Crippen LogP contribution in [0.1, 0.15) is 38.5 Å². The maximum atomic E-state index is 11.9. The van der Waals surface area contributed by atoms with Gasteiger partial charge in [0.2, 0.25) is 11.8 Å². The fourth-order valence-corrected chi connectivity index (χ4v) is 2.52. The first kappa shape index (κ1) is 12.0. The Morgan fingerprint density at radius 2 is 1.72 bits per heavy atom. The molecule has 3 N–H and O–H groups in total. The molecule has 0 spiro atoms. The van der Waals surface area contributed by atoms with Crippen molar-refractivity contribution in [1.29, 1.82) is 0 Å². The highest BCUT2D eigenvalue weighted by Gasteiger charge is 2.46. The molecule has 3 fully saturated rings. The molecule has 1 aliphatic heterocycles. The van der Waals surface area contributed by atoms with Gasteiger partial charge in [0.05, 0.1) is 5.54 Å². The fraction of sp³-hybridized carbons (Fsp3) is 0.846. The van der Waals surface area contributed by atoms with Gasteiger partial charge >= 0.3 is 0 Å². The summed E-state index contributed by atoms with van der Waals surface area (Å²) in [4.78, 5) is 25.6. The number of nitrogens with zero attached hydrogens (tertiary/aromatic N) is 1. The number of hydrogen-bond donors (Lipinski definition) is 2. The van der Waals surface area contributed by atoms with Crippen LogP contribution in [-0.2, 0) is 9.59 Å². The monoisotopic (exact) mass is 251 g/mol. The Labute approximate surface area is 107 Å². The lowest BCUT2D eigenvalue weighted by Crippen LogP contribution is -2.51. The van der Waals surface area contributed by atoms with Crippen molar-refractivity contribution in [3.63, 3.8) is 0 Å². The van der Waals surface area contributed by atoms with Crippen molar-refractivity contribution < 1.29 is 9.59 Å². The second-order valence-electron chi connectivity index (χ2n) is 6.00. The normalized spacial score (nSPS) is 26.8. The van der Waals surface area contributed by atoms with E-state index in [4.69, 9.17) is 5.73 Å². The summed E-state index contributed by atoms with van der Waals surface area (Å²) >= 11 is 0. The Balaban J connectivity index is 1.45. The molecule has 0 aromatic heterocycles. The van der Waals surface area contributed by atoms with Crippen molar-refractivity contribution >= 4 is 11.8 Å². The van der Waals surface area contributed by atoms with Crippen LogP contribution in [0.15, 0.2) is 0 Å². The number of amides is 2. The predicted molar refractivity (Wildman–Crippen MR) is 66.6 cm³/mol. The van der Waals surface area contributed by atoms with Crippen molar-refractivity contribution in [2.75, 3.05) is 13.1 Å². The van der Waals surface area contributed by atoms with E-state index >= 15 is 0 Å². The third-order valence-electron chi connectivity index (χ3n) is 4.31. The SMILES string of the molecule is NC1(C(=O)NC2CCN(C(=O)C3CC3)CC2)CC1. The summed E-state index contributed by atoms with van der Waals surface area (Å²) < 4.78 is 0. The molecule has 100 valence electrons. The van der Waals surface area contributed by atoms with Crippen molar-refractivity contribution in [3.05, 3.63) is 0 Å². The Hall–Kier alpha value is -1.10. The van der Waals surface area contributed by atoms with Gasteiger partial charge in [0.15, 0.2) is 0 Å². The summed E-state index contributed by atoms with van der Waals surface area (Å²) in [5.74, 6) is 0.613. The average Bonchev–Trinajstić information content (AvgIpc) is 3.24. The molecular formula is C13H21N3O2. The predicted octanol–water partition coefficient (Wildman–Crippen LogP) is -0.00510. The maximum Gasteiger partial charge on any atom is 0.240 e. The molecule has 2 aliphatic carbocycles. The van der Waals surface area contributed by atoms with Crippen molar-refractivity contribution in [3.8, 4) is 0 Å². The quantitative estimate of drug-likeness (QED) is 0.741. The lowest BCUT2D eigenvalue weighted by molar-refractivity contribution is -0.133. The van der Waals surface area contributed by atoms with Gasteiger partial charge in [-0.05, 0) is 38.5 Å². The van der Waals surface area contributed by atoms with Gasteiger partial charge in [-0.15, -0.1) is 0 Å². The van der Waals surface area contributed by atoms with Gasteiger partial charge in [0.25, 0.3) is 0 Å². The molecule has 1 saturated heterocycles. The van der Waals surface area contributed by atoms with Crippen LogP contribution in [0, 0.1) is 5.92 Å². The minimum Gasteiger partial charge on any atom is -0.352 e. The van der Waals surface area contributed by atoms with E-state index in [0.29, 0.717) is 11.8 Å². The van der Waals surface area contributed by atoms with E-state index in [9.17, 15) is 9.59 Å². The number of nitrogens with one attached hydrogen (secondary N) is 1. The van der Waals surface area contributed by atoms with Crippen LogP contribution in [0.3, 0.4) is 0 Å². The van der Waals surface area contributed by atoms with Crippen molar-refractivity contribution in [1.82, 2.24) is 10.2 Å². The molecule has 5 nitrogen and oxygen atoms in total. The summed E-state index contributed by atoms with van der Waals surface area (Å²) in [6, 6.07) is 0.196. The molecule has 0 radical (unpaired) electrons. The highest BCUT2D eigenvalue weighted by atomic mass is 16.2. The van der Waals surface area contributed by atoms with Gasteiger partial charge in [-0.1, -0.05) is 0 Å². The summed E-state index contributed by atoms with van der Waals surface area (Å²) in [6.07, 6.45) is 5.45. The fourth-order valence-electron chi connectivity index (χ4n) is 2.52. The first-order chi connectivity index (χ1) is 8.58. The molecule has 2 saturated carbocycles. The summed E-state index contributed by atoms with van der Waals surface area (Å²) in [5.41, 5.74) is 5.27. The van der Waals surface area contributed by atoms with Crippen LogP contribution in [-0.4, -0.2) is 41.4 Å². The van der Waals surface area contributed by atoms with E-state index in [0.717, 1.165) is 51.6 Å². The number of hydrogen-bond acceptors (Lipinski definition) is 3. The van der Waals surface area contributed by atoms with E-state index in [2.05, 4.69) is 5.32 Å². The zero-order valence-electron chi connectivity index (χ0n) is 10.7. The third-order valence-corrected chi connectivity index (χ3v) is 4.31. The van der Waals surface area contributed by atoms with Crippen LogP contribution in [0.2, 0.25) is 0 Å². The first-order valence-corrected chi connectivity index (χ1v) is 6.97. The van der Waals surface area contributed by atoms with Gasteiger partial charge < -0.3 is 16.0 Å². The Morgan fingerprint density at radius 1 is 1.11 bits per heavy atom. The van der Waals surface area contributed by atoms with Gasteiger partial charge in [-0.25, -0.2) is 0 Å². The number of nitrogens with two attached hydrogens (primary N) is 1. The maximum absolute atomic E-state index is 11.9. The Bertz CT molecular complexity index is 366. The standard InChI is InChI=1S/C13H21N3O2/c14-13(5-6-13)12(18)15-10-3-7-16(8-4-10)11(17)9-1-2-9/h9-10H,1-8,14H2,(H,15,18). The molecule has 0 bridgehead atoms. The number of rotatable bonds is 3. The van der Waals surface area contributed by atoms with Crippen LogP contribution < -0.4 is 11.1 Å². The minimum absolute atomic E-state index is 0.00512. The second kappa shape index (κ2) is 4.23. The highest BCUT2D eigenvalue weighted by Crippen LogP contribution is 2.33. The van der Waals surface area contributed by atoms with E-state index in [1.165, 1.54) is 0 Å². The number of carbonyl (C=O) groups excluding carboxylic acids is 2. The highest BCUT2D eigenvalue weighted by molar-refractivity contribution is 5.89. The van der Waals surface area contributed by atoms with Gasteiger partial charge in [0, 0.05) is 25.0 Å². The zero-order valence-corrected chi connectivity index (χ0v) is 10.7. The van der Waals surface area contributed by atoms with E-state index in [-0.39, 0.29) is 11.9 Å². The van der Waals surface area contributed by atoms with Crippen LogP contribution in [0.5, 0.6) is 0 Å². The van der Waals surface area contributed by atoms with Crippen molar-refractivity contribution in [2.24, 2.45) is 11.7 Å². The Morgan fingerprint density at radius 3 is 2.22 bits per heavy atom. The zero-order chi connectivity index (χ0) is 12.8. The van der Waals surface area contributed by atoms with Gasteiger partial charge in [-0.2, -0.15) is 0 Å². The van der Waals surface area contributed by atoms with Crippen molar-refractivity contribution in [2.45, 2.75) is 50.1 Å². The van der Waals surface area contributed by atoms with Gasteiger partial charge in [-0.3, -0.25) is 9.59 Å². The smallest absolute Gasteiger partial charge is 0.240 e. The molecule has 2 amide bonds. The molecule has 18 heavy (non-hydrogen) atoms. The minimum atomic E-state index is -0.582. The molecular weight excluding hydrogens is 230 g/mol. The third kappa shape index (κ3) is 2.36. The lowest BCUT2D eigenvalue weighted by Gasteiger charge is -2.33. The first-order valence-electron chi connectivity index (χ1n) is 6.97. The van der Waals surface area contributed by atoms with Crippen LogP contribution in [0.25, 0.3) is 0 Å². The van der Waals surface area contributed by atoms with E-state index in [1.807, 2.05) is 4.90 Å². The largest absolute Gasteiger partial charge is 0.352 e. The average molecular weight is 251 g/mol. The van der Waals surface area contributed by atoms with Crippen LogP contribution in [0.4, 0.5) is 0 Å². The number of piperidine rings is 1. The Kier molecular flexibility index (Phi) is 2.81. The number of carbonyl (C=O) groups is 2. The molecule has 5 heteroatoms. The molecule has 0 unspecified atom stereocenters. The molecule has 3 rings (SSSR count). The summed E-state index contributed by atoms with van der Waals surface area (Å²) in [6.45, 7) is 1.55. The molecule has 3 aliphatic rings. The van der Waals surface area contributed by atoms with E-state index < -0.39 is 5.54 Å². The lowest BCUT2D eigenvalue weighted by atomic mass is 10.0. The van der Waals surface area contributed by atoms with Gasteiger partial charge in [0.1, 0.15) is 0 Å². The topological polar surface area (TPSA) is 75.4 Å². The molecule has 0 atom stereocenters. The summed E-state index contributed by atoms with van der Waals surface area (Å²) in [7, 11) is 0. The van der Waals surface area contributed by atoms with Crippen LogP contribution >= 0.6 is 0 Å². The van der Waals surface area contributed by atoms with E-state index in [1.54, 1.807) is 0 Å². The molecule has 0 aromatic carbocycles. The second-order valence-corrected chi connectivity index (χ2v) is 6.00.